The maximum atomic E-state index is 9.51. The van der Waals surface area contributed by atoms with Crippen LogP contribution < -0.4 is 4.74 Å². The van der Waals surface area contributed by atoms with E-state index in [1.807, 2.05) is 60.7 Å². The molecule has 0 bridgehead atoms. The molecule has 0 amide bonds. The van der Waals surface area contributed by atoms with Gasteiger partial charge in [-0.05, 0) is 29.8 Å². The predicted molar refractivity (Wildman–Crippen MR) is 82.2 cm³/mol. The highest BCUT2D eigenvalue weighted by molar-refractivity contribution is 5.78. The maximum absolute atomic E-state index is 9.51. The van der Waals surface area contributed by atoms with E-state index in [-0.39, 0.29) is 5.92 Å². The summed E-state index contributed by atoms with van der Waals surface area (Å²) >= 11 is 0. The van der Waals surface area contributed by atoms with E-state index in [1.54, 1.807) is 7.11 Å². The predicted octanol–water partition coefficient (Wildman–Crippen LogP) is 3.90. The fraction of sp³-hybridized carbons (Fsp3) is 0.111. The van der Waals surface area contributed by atoms with Crippen molar-refractivity contribution in [2.24, 2.45) is 0 Å². The Morgan fingerprint density at radius 2 is 1.76 bits per heavy atom. The molecule has 0 aliphatic rings. The van der Waals surface area contributed by atoms with E-state index in [1.165, 1.54) is 0 Å². The Morgan fingerprint density at radius 1 is 1.00 bits per heavy atom. The minimum absolute atomic E-state index is 0.375. The van der Waals surface area contributed by atoms with Crippen molar-refractivity contribution in [3.8, 4) is 11.8 Å². The molecule has 102 valence electrons. The molecule has 0 aliphatic heterocycles. The van der Waals surface area contributed by atoms with Crippen LogP contribution in [-0.2, 0) is 0 Å². The van der Waals surface area contributed by atoms with Crippen LogP contribution in [0.15, 0.2) is 60.7 Å². The number of fused-ring (bicyclic) bond motifs is 1. The van der Waals surface area contributed by atoms with Gasteiger partial charge in [0.1, 0.15) is 11.7 Å². The largest absolute Gasteiger partial charge is 0.497 e. The molecule has 3 heteroatoms. The molecule has 0 saturated heterocycles. The van der Waals surface area contributed by atoms with Crippen LogP contribution in [-0.4, -0.2) is 12.1 Å². The number of rotatable bonds is 3. The van der Waals surface area contributed by atoms with Crippen molar-refractivity contribution < 1.29 is 4.74 Å². The molecule has 1 heterocycles. The van der Waals surface area contributed by atoms with Crippen molar-refractivity contribution >= 4 is 10.9 Å². The van der Waals surface area contributed by atoms with Crippen LogP contribution >= 0.6 is 0 Å². The molecule has 1 atom stereocenters. The third kappa shape index (κ3) is 2.56. The Balaban J connectivity index is 2.02. The van der Waals surface area contributed by atoms with Gasteiger partial charge in [-0.25, -0.2) is 0 Å². The van der Waals surface area contributed by atoms with Gasteiger partial charge in [-0.3, -0.25) is 4.98 Å². The first-order valence-corrected chi connectivity index (χ1v) is 6.71. The van der Waals surface area contributed by atoms with Gasteiger partial charge in [0.15, 0.2) is 0 Å². The fourth-order valence-corrected chi connectivity index (χ4v) is 2.35. The van der Waals surface area contributed by atoms with Crippen molar-refractivity contribution in [3.05, 3.63) is 71.9 Å². The maximum Gasteiger partial charge on any atom is 0.118 e. The number of nitrogens with zero attached hydrogens (tertiary/aromatic N) is 2. The van der Waals surface area contributed by atoms with Gasteiger partial charge in [-0.2, -0.15) is 5.26 Å². The van der Waals surface area contributed by atoms with E-state index in [9.17, 15) is 5.26 Å². The topological polar surface area (TPSA) is 45.9 Å². The summed E-state index contributed by atoms with van der Waals surface area (Å²) in [6, 6.07) is 21.7. The Labute approximate surface area is 123 Å². The van der Waals surface area contributed by atoms with E-state index in [2.05, 4.69) is 11.1 Å². The third-order valence-electron chi connectivity index (χ3n) is 3.49. The second-order valence-corrected chi connectivity index (χ2v) is 4.76. The van der Waals surface area contributed by atoms with Crippen LogP contribution in [0.25, 0.3) is 10.9 Å². The minimum atomic E-state index is -0.375. The average Bonchev–Trinajstić information content (AvgIpc) is 2.56. The van der Waals surface area contributed by atoms with Gasteiger partial charge in [0.05, 0.1) is 24.4 Å². The lowest BCUT2D eigenvalue weighted by Crippen LogP contribution is -2.01. The van der Waals surface area contributed by atoms with Crippen LogP contribution in [0.4, 0.5) is 0 Å². The number of aromatic nitrogens is 1. The Kier molecular flexibility index (Phi) is 3.53. The number of methoxy groups -OCH3 is 1. The standard InChI is InChI=1S/C18H14N2O/c1-21-15-9-6-13(7-10-15)16(12-19)18-11-8-14-4-2-3-5-17(14)20-18/h2-11,16H,1H3. The molecule has 3 aromatic rings. The first kappa shape index (κ1) is 13.1. The number of hydrogen-bond donors (Lipinski definition) is 0. The second kappa shape index (κ2) is 5.64. The van der Waals surface area contributed by atoms with Crippen molar-refractivity contribution in [2.45, 2.75) is 5.92 Å². The van der Waals surface area contributed by atoms with Gasteiger partial charge < -0.3 is 4.74 Å². The van der Waals surface area contributed by atoms with Crippen molar-refractivity contribution in [1.29, 1.82) is 5.26 Å². The molecule has 0 spiro atoms. The fourth-order valence-electron chi connectivity index (χ4n) is 2.35. The molecular weight excluding hydrogens is 260 g/mol. The number of hydrogen-bond acceptors (Lipinski definition) is 3. The molecule has 21 heavy (non-hydrogen) atoms. The molecule has 0 N–H and O–H groups in total. The molecule has 1 aromatic heterocycles. The highest BCUT2D eigenvalue weighted by Crippen LogP contribution is 2.26. The molecule has 1 unspecified atom stereocenters. The second-order valence-electron chi connectivity index (χ2n) is 4.76. The Bertz CT molecular complexity index is 803. The van der Waals surface area contributed by atoms with E-state index in [4.69, 9.17) is 4.74 Å². The zero-order chi connectivity index (χ0) is 14.7. The summed E-state index contributed by atoms with van der Waals surface area (Å²) in [7, 11) is 1.63. The molecule has 0 fully saturated rings. The van der Waals surface area contributed by atoms with Crippen LogP contribution in [0.5, 0.6) is 5.75 Å². The Morgan fingerprint density at radius 3 is 2.48 bits per heavy atom. The number of ether oxygens (including phenoxy) is 1. The van der Waals surface area contributed by atoms with E-state index < -0.39 is 0 Å². The van der Waals surface area contributed by atoms with Gasteiger partial charge in [0.2, 0.25) is 0 Å². The van der Waals surface area contributed by atoms with Crippen molar-refractivity contribution in [1.82, 2.24) is 4.98 Å². The van der Waals surface area contributed by atoms with Gasteiger partial charge in [-0.1, -0.05) is 36.4 Å². The van der Waals surface area contributed by atoms with E-state index in [0.717, 1.165) is 27.9 Å². The summed E-state index contributed by atoms with van der Waals surface area (Å²) in [6.07, 6.45) is 0. The first-order valence-electron chi connectivity index (χ1n) is 6.71. The summed E-state index contributed by atoms with van der Waals surface area (Å²) in [6.45, 7) is 0. The third-order valence-corrected chi connectivity index (χ3v) is 3.49. The highest BCUT2D eigenvalue weighted by atomic mass is 16.5. The summed E-state index contributed by atoms with van der Waals surface area (Å²) in [4.78, 5) is 4.61. The number of para-hydroxylation sites is 1. The van der Waals surface area contributed by atoms with E-state index in [0.29, 0.717) is 0 Å². The van der Waals surface area contributed by atoms with Crippen molar-refractivity contribution in [3.63, 3.8) is 0 Å². The first-order chi connectivity index (χ1) is 10.3. The van der Waals surface area contributed by atoms with Gasteiger partial charge in [0, 0.05) is 5.39 Å². The van der Waals surface area contributed by atoms with Gasteiger partial charge in [0.25, 0.3) is 0 Å². The van der Waals surface area contributed by atoms with Crippen LogP contribution in [0, 0.1) is 11.3 Å². The zero-order valence-electron chi connectivity index (χ0n) is 11.7. The van der Waals surface area contributed by atoms with Crippen LogP contribution in [0.3, 0.4) is 0 Å². The normalized spacial score (nSPS) is 11.8. The SMILES string of the molecule is COc1ccc(C(C#N)c2ccc3ccccc3n2)cc1. The number of nitriles is 1. The lowest BCUT2D eigenvalue weighted by atomic mass is 9.96. The van der Waals surface area contributed by atoms with Gasteiger partial charge in [-0.15, -0.1) is 0 Å². The molecule has 0 radical (unpaired) electrons. The van der Waals surface area contributed by atoms with Crippen LogP contribution in [0.2, 0.25) is 0 Å². The molecule has 3 nitrogen and oxygen atoms in total. The minimum Gasteiger partial charge on any atom is -0.497 e. The van der Waals surface area contributed by atoms with E-state index >= 15 is 0 Å². The van der Waals surface area contributed by atoms with Crippen molar-refractivity contribution in [2.75, 3.05) is 7.11 Å². The molecule has 2 aromatic carbocycles. The lowest BCUT2D eigenvalue weighted by Gasteiger charge is -2.10. The Hall–Kier alpha value is -2.86. The number of pyridine rings is 1. The molecule has 0 saturated carbocycles. The summed E-state index contributed by atoms with van der Waals surface area (Å²) in [5.74, 6) is 0.405. The molecule has 3 rings (SSSR count). The quantitative estimate of drug-likeness (QED) is 0.727. The molecule has 0 aliphatic carbocycles. The van der Waals surface area contributed by atoms with Crippen LogP contribution in [0.1, 0.15) is 17.2 Å². The smallest absolute Gasteiger partial charge is 0.118 e. The highest BCUT2D eigenvalue weighted by Gasteiger charge is 2.15. The summed E-state index contributed by atoms with van der Waals surface area (Å²) in [5.41, 5.74) is 2.59. The van der Waals surface area contributed by atoms with Gasteiger partial charge >= 0.3 is 0 Å². The lowest BCUT2D eigenvalue weighted by molar-refractivity contribution is 0.414. The molecular formula is C18H14N2O. The zero-order valence-corrected chi connectivity index (χ0v) is 11.7. The average molecular weight is 274 g/mol. The summed E-state index contributed by atoms with van der Waals surface area (Å²) in [5, 5.41) is 10.6. The number of benzene rings is 2. The monoisotopic (exact) mass is 274 g/mol. The summed E-state index contributed by atoms with van der Waals surface area (Å²) < 4.78 is 5.15.